The normalized spacial score (nSPS) is 12.5. The molecule has 0 radical (unpaired) electrons. The number of carbonyl (C=O) groups excluding carboxylic acids is 2. The summed E-state index contributed by atoms with van der Waals surface area (Å²) in [5.74, 6) is -1.49. The number of benzene rings is 2. The standard InChI is InChI=1S/C25H35FN4O4S/c1-6-22(25(32)27-16-19(2)3)29(17-20-12-8-7-9-13-20)24(31)18-30(35(33,34)28(4)5)23-15-11-10-14-21(23)26/h7-15,19,22H,6,16-18H2,1-5H3,(H,27,32)/t22-/m1/s1. The van der Waals surface area contributed by atoms with Crippen LogP contribution in [0.15, 0.2) is 54.6 Å². The average molecular weight is 507 g/mol. The molecule has 0 saturated heterocycles. The van der Waals surface area contributed by atoms with Gasteiger partial charge in [0.15, 0.2) is 0 Å². The van der Waals surface area contributed by atoms with E-state index in [0.717, 1.165) is 20.2 Å². The van der Waals surface area contributed by atoms with Gasteiger partial charge in [-0.1, -0.05) is 63.2 Å². The van der Waals surface area contributed by atoms with Gasteiger partial charge in [-0.05, 0) is 30.0 Å². The van der Waals surface area contributed by atoms with E-state index in [1.165, 1.54) is 37.2 Å². The van der Waals surface area contributed by atoms with Gasteiger partial charge >= 0.3 is 10.2 Å². The molecule has 0 spiro atoms. The molecule has 8 nitrogen and oxygen atoms in total. The molecule has 192 valence electrons. The molecule has 35 heavy (non-hydrogen) atoms. The number of amides is 2. The molecule has 0 aromatic heterocycles. The molecule has 1 N–H and O–H groups in total. The van der Waals surface area contributed by atoms with Crippen LogP contribution in [0.4, 0.5) is 10.1 Å². The lowest BCUT2D eigenvalue weighted by Crippen LogP contribution is -2.53. The quantitative estimate of drug-likeness (QED) is 0.479. The molecule has 0 aliphatic rings. The van der Waals surface area contributed by atoms with Crippen molar-refractivity contribution in [2.75, 3.05) is 31.5 Å². The maximum atomic E-state index is 14.6. The van der Waals surface area contributed by atoms with Crippen molar-refractivity contribution in [3.63, 3.8) is 0 Å². The van der Waals surface area contributed by atoms with Gasteiger partial charge in [0.1, 0.15) is 18.4 Å². The third kappa shape index (κ3) is 7.50. The second-order valence-corrected chi connectivity index (χ2v) is 10.9. The molecule has 0 aliphatic carbocycles. The summed E-state index contributed by atoms with van der Waals surface area (Å²) in [4.78, 5) is 28.0. The predicted octanol–water partition coefficient (Wildman–Crippen LogP) is 3.02. The second-order valence-electron chi connectivity index (χ2n) is 8.82. The zero-order valence-corrected chi connectivity index (χ0v) is 21.8. The fraction of sp³-hybridized carbons (Fsp3) is 0.440. The van der Waals surface area contributed by atoms with Gasteiger partial charge in [-0.3, -0.25) is 9.59 Å². The Morgan fingerprint density at radius 2 is 1.60 bits per heavy atom. The molecule has 2 aromatic carbocycles. The highest BCUT2D eigenvalue weighted by Crippen LogP contribution is 2.24. The Hall–Kier alpha value is -2.98. The van der Waals surface area contributed by atoms with Gasteiger partial charge in [-0.25, -0.2) is 8.70 Å². The van der Waals surface area contributed by atoms with Crippen LogP contribution in [0.1, 0.15) is 32.8 Å². The third-order valence-electron chi connectivity index (χ3n) is 5.41. The smallest absolute Gasteiger partial charge is 0.304 e. The van der Waals surface area contributed by atoms with Crippen molar-refractivity contribution in [2.45, 2.75) is 39.8 Å². The van der Waals surface area contributed by atoms with E-state index in [1.807, 2.05) is 44.2 Å². The van der Waals surface area contributed by atoms with Crippen LogP contribution in [0.2, 0.25) is 0 Å². The molecule has 2 rings (SSSR count). The van der Waals surface area contributed by atoms with E-state index in [-0.39, 0.29) is 24.1 Å². The minimum atomic E-state index is -4.21. The Kier molecular flexibility index (Phi) is 10.2. The number of rotatable bonds is 12. The Labute approximate surface area is 207 Å². The van der Waals surface area contributed by atoms with Crippen LogP contribution in [0.5, 0.6) is 0 Å². The maximum absolute atomic E-state index is 14.6. The molecule has 1 atom stereocenters. The molecule has 0 bridgehead atoms. The van der Waals surface area contributed by atoms with Gasteiger partial charge in [0.05, 0.1) is 5.69 Å². The fourth-order valence-electron chi connectivity index (χ4n) is 3.48. The second kappa shape index (κ2) is 12.6. The first-order chi connectivity index (χ1) is 16.5. The van der Waals surface area contributed by atoms with Gasteiger partial charge in [0.2, 0.25) is 11.8 Å². The fourth-order valence-corrected chi connectivity index (χ4v) is 4.54. The summed E-state index contributed by atoms with van der Waals surface area (Å²) in [6.45, 7) is 5.59. The van der Waals surface area contributed by atoms with E-state index in [2.05, 4.69) is 5.32 Å². The third-order valence-corrected chi connectivity index (χ3v) is 7.21. The van der Waals surface area contributed by atoms with Crippen molar-refractivity contribution in [1.82, 2.24) is 14.5 Å². The van der Waals surface area contributed by atoms with E-state index in [4.69, 9.17) is 0 Å². The molecule has 0 aliphatic heterocycles. The molecule has 0 fully saturated rings. The minimum absolute atomic E-state index is 0.0976. The average Bonchev–Trinajstić information content (AvgIpc) is 2.82. The summed E-state index contributed by atoms with van der Waals surface area (Å²) in [7, 11) is -1.59. The molecular weight excluding hydrogens is 471 g/mol. The molecule has 0 saturated carbocycles. The predicted molar refractivity (Wildman–Crippen MR) is 135 cm³/mol. The molecular formula is C25H35FN4O4S. The van der Waals surface area contributed by atoms with Crippen LogP contribution >= 0.6 is 0 Å². The van der Waals surface area contributed by atoms with Crippen LogP contribution < -0.4 is 9.62 Å². The number of carbonyl (C=O) groups is 2. The summed E-state index contributed by atoms with van der Waals surface area (Å²) < 4.78 is 42.5. The number of anilines is 1. The summed E-state index contributed by atoms with van der Waals surface area (Å²) >= 11 is 0. The Balaban J connectivity index is 2.47. The summed E-state index contributed by atoms with van der Waals surface area (Å²) in [6, 6.07) is 13.7. The van der Waals surface area contributed by atoms with Crippen molar-refractivity contribution in [1.29, 1.82) is 0 Å². The maximum Gasteiger partial charge on any atom is 0.304 e. The lowest BCUT2D eigenvalue weighted by Gasteiger charge is -2.34. The zero-order valence-electron chi connectivity index (χ0n) is 20.9. The molecule has 2 amide bonds. The first kappa shape index (κ1) is 28.3. The Bertz CT molecular complexity index is 1090. The molecule has 10 heteroatoms. The van der Waals surface area contributed by atoms with Crippen molar-refractivity contribution in [2.24, 2.45) is 5.92 Å². The molecule has 0 heterocycles. The first-order valence-electron chi connectivity index (χ1n) is 11.5. The van der Waals surface area contributed by atoms with E-state index in [0.29, 0.717) is 13.0 Å². The van der Waals surface area contributed by atoms with E-state index >= 15 is 0 Å². The largest absolute Gasteiger partial charge is 0.354 e. The monoisotopic (exact) mass is 506 g/mol. The highest BCUT2D eigenvalue weighted by Gasteiger charge is 2.34. The van der Waals surface area contributed by atoms with Gasteiger partial charge in [0.25, 0.3) is 0 Å². The Morgan fingerprint density at radius 3 is 2.14 bits per heavy atom. The van der Waals surface area contributed by atoms with Crippen LogP contribution in [0.25, 0.3) is 0 Å². The zero-order chi connectivity index (χ0) is 26.2. The Morgan fingerprint density at radius 1 is 1.00 bits per heavy atom. The van der Waals surface area contributed by atoms with Crippen LogP contribution in [-0.2, 0) is 26.3 Å². The topological polar surface area (TPSA) is 90.0 Å². The van der Waals surface area contributed by atoms with Gasteiger partial charge < -0.3 is 10.2 Å². The van der Waals surface area contributed by atoms with E-state index < -0.39 is 34.5 Å². The summed E-state index contributed by atoms with van der Waals surface area (Å²) in [5.41, 5.74) is 0.537. The van der Waals surface area contributed by atoms with E-state index in [1.54, 1.807) is 6.92 Å². The number of halogens is 1. The number of para-hydroxylation sites is 1. The van der Waals surface area contributed by atoms with Crippen LogP contribution in [0.3, 0.4) is 0 Å². The molecule has 0 unspecified atom stereocenters. The van der Waals surface area contributed by atoms with Gasteiger partial charge in [0, 0.05) is 27.2 Å². The summed E-state index contributed by atoms with van der Waals surface area (Å²) in [6.07, 6.45) is 0.322. The highest BCUT2D eigenvalue weighted by atomic mass is 32.2. The first-order valence-corrected chi connectivity index (χ1v) is 12.9. The van der Waals surface area contributed by atoms with Crippen molar-refractivity contribution in [3.8, 4) is 0 Å². The van der Waals surface area contributed by atoms with Crippen LogP contribution in [0, 0.1) is 11.7 Å². The highest BCUT2D eigenvalue weighted by molar-refractivity contribution is 7.90. The minimum Gasteiger partial charge on any atom is -0.354 e. The number of hydrogen-bond acceptors (Lipinski definition) is 4. The van der Waals surface area contributed by atoms with Crippen molar-refractivity contribution < 1.29 is 22.4 Å². The number of nitrogens with zero attached hydrogens (tertiary/aromatic N) is 3. The van der Waals surface area contributed by atoms with Gasteiger partial charge in [-0.15, -0.1) is 0 Å². The van der Waals surface area contributed by atoms with Gasteiger partial charge in [-0.2, -0.15) is 12.7 Å². The summed E-state index contributed by atoms with van der Waals surface area (Å²) in [5, 5.41) is 2.86. The molecule has 2 aromatic rings. The lowest BCUT2D eigenvalue weighted by molar-refractivity contribution is -0.140. The van der Waals surface area contributed by atoms with Crippen molar-refractivity contribution in [3.05, 3.63) is 66.0 Å². The van der Waals surface area contributed by atoms with Crippen molar-refractivity contribution >= 4 is 27.7 Å². The SMILES string of the molecule is CC[C@H](C(=O)NCC(C)C)N(Cc1ccccc1)C(=O)CN(c1ccccc1F)S(=O)(=O)N(C)C. The number of nitrogens with one attached hydrogen (secondary N) is 1. The van der Waals surface area contributed by atoms with E-state index in [9.17, 15) is 22.4 Å². The van der Waals surface area contributed by atoms with Crippen LogP contribution in [-0.4, -0.2) is 62.7 Å². The lowest BCUT2D eigenvalue weighted by atomic mass is 10.1. The number of hydrogen-bond donors (Lipinski definition) is 1.